The third kappa shape index (κ3) is 3.11. The molecule has 2 fully saturated rings. The first-order valence-electron chi connectivity index (χ1n) is 11.3. The molecule has 3 aliphatic rings. The van der Waals surface area contributed by atoms with Gasteiger partial charge in [-0.15, -0.1) is 5.10 Å². The second-order valence-corrected chi connectivity index (χ2v) is 9.19. The molecule has 4 heterocycles. The molecule has 1 aliphatic carbocycles. The van der Waals surface area contributed by atoms with E-state index in [1.54, 1.807) is 0 Å². The highest BCUT2D eigenvalue weighted by Gasteiger charge is 2.43. The fraction of sp³-hybridized carbons (Fsp3) is 0.565. The number of fused-ring (bicyclic) bond motifs is 3. The zero-order valence-electron chi connectivity index (χ0n) is 17.4. The Hall–Kier alpha value is -2.70. The van der Waals surface area contributed by atoms with E-state index in [2.05, 4.69) is 50.1 Å². The summed E-state index contributed by atoms with van der Waals surface area (Å²) >= 11 is 0. The van der Waals surface area contributed by atoms with E-state index in [9.17, 15) is 0 Å². The molecule has 1 aromatic carbocycles. The lowest BCUT2D eigenvalue weighted by Crippen LogP contribution is -2.43. The fourth-order valence-electron chi connectivity index (χ4n) is 5.94. The molecule has 0 amide bonds. The van der Waals surface area contributed by atoms with Gasteiger partial charge in [0.1, 0.15) is 5.82 Å². The van der Waals surface area contributed by atoms with Crippen LogP contribution < -0.4 is 4.90 Å². The molecule has 0 radical (unpaired) electrons. The SMILES string of the molecule is Cc1nnc(N2C[C@H]3CC[C@@H](C2)C3Cc2nc3n(n2)CCCC3c2ccccc2)o1. The van der Waals surface area contributed by atoms with E-state index in [1.165, 1.54) is 24.8 Å². The molecule has 2 bridgehead atoms. The van der Waals surface area contributed by atoms with Gasteiger partial charge in [0, 0.05) is 38.9 Å². The average molecular weight is 405 g/mol. The van der Waals surface area contributed by atoms with Gasteiger partial charge in [0.25, 0.3) is 0 Å². The van der Waals surface area contributed by atoms with Crippen molar-refractivity contribution < 1.29 is 4.42 Å². The number of hydrogen-bond acceptors (Lipinski definition) is 6. The number of nitrogens with zero attached hydrogens (tertiary/aromatic N) is 6. The molecular formula is C23H28N6O. The lowest BCUT2D eigenvalue weighted by Gasteiger charge is -2.36. The van der Waals surface area contributed by atoms with Crippen LogP contribution in [0.2, 0.25) is 0 Å². The number of hydrogen-bond donors (Lipinski definition) is 0. The van der Waals surface area contributed by atoms with Gasteiger partial charge in [-0.1, -0.05) is 35.4 Å². The Bertz CT molecular complexity index is 1010. The standard InChI is InChI=1S/C23H28N6O/c1-15-25-26-23(30-15)28-13-17-9-10-18(14-28)20(17)12-21-24-22-19(8-5-11-29(22)27-21)16-6-3-2-4-7-16/h2-4,6-7,17-20H,5,8-14H2,1H3/t17-,18+,19?,20?. The van der Waals surface area contributed by atoms with Crippen molar-refractivity contribution in [1.29, 1.82) is 0 Å². The topological polar surface area (TPSA) is 72.9 Å². The molecule has 2 aromatic heterocycles. The van der Waals surface area contributed by atoms with Gasteiger partial charge in [0.05, 0.1) is 0 Å². The monoisotopic (exact) mass is 404 g/mol. The van der Waals surface area contributed by atoms with Crippen LogP contribution in [-0.2, 0) is 13.0 Å². The van der Waals surface area contributed by atoms with Crippen LogP contribution in [0.5, 0.6) is 0 Å². The molecule has 7 heteroatoms. The predicted molar refractivity (Wildman–Crippen MR) is 112 cm³/mol. The van der Waals surface area contributed by atoms with E-state index >= 15 is 0 Å². The summed E-state index contributed by atoms with van der Waals surface area (Å²) in [6.07, 6.45) is 5.88. The molecule has 6 rings (SSSR count). The van der Waals surface area contributed by atoms with Crippen molar-refractivity contribution in [3.63, 3.8) is 0 Å². The van der Waals surface area contributed by atoms with E-state index in [4.69, 9.17) is 14.5 Å². The highest BCUT2D eigenvalue weighted by atomic mass is 16.4. The molecule has 1 saturated heterocycles. The first-order chi connectivity index (χ1) is 14.7. The van der Waals surface area contributed by atoms with E-state index in [0.29, 0.717) is 35.6 Å². The van der Waals surface area contributed by atoms with Gasteiger partial charge in [-0.2, -0.15) is 5.10 Å². The Morgan fingerprint density at radius 2 is 1.83 bits per heavy atom. The second kappa shape index (κ2) is 7.22. The smallest absolute Gasteiger partial charge is 0.318 e. The Morgan fingerprint density at radius 3 is 2.57 bits per heavy atom. The first-order valence-corrected chi connectivity index (χ1v) is 11.3. The largest absolute Gasteiger partial charge is 0.408 e. The third-order valence-corrected chi connectivity index (χ3v) is 7.35. The van der Waals surface area contributed by atoms with Crippen molar-refractivity contribution in [3.05, 3.63) is 53.4 Å². The van der Waals surface area contributed by atoms with Gasteiger partial charge in [0.2, 0.25) is 5.89 Å². The molecule has 4 atom stereocenters. The summed E-state index contributed by atoms with van der Waals surface area (Å²) in [6, 6.07) is 11.5. The molecule has 3 aromatic rings. The highest BCUT2D eigenvalue weighted by molar-refractivity contribution is 5.28. The fourth-order valence-corrected chi connectivity index (χ4v) is 5.94. The molecule has 7 nitrogen and oxygen atoms in total. The summed E-state index contributed by atoms with van der Waals surface area (Å²) in [5, 5.41) is 13.2. The summed E-state index contributed by atoms with van der Waals surface area (Å²) in [5.41, 5.74) is 1.36. The molecule has 156 valence electrons. The van der Waals surface area contributed by atoms with Gasteiger partial charge >= 0.3 is 6.01 Å². The van der Waals surface area contributed by atoms with Crippen LogP contribution >= 0.6 is 0 Å². The Labute approximate surface area is 176 Å². The number of rotatable bonds is 4. The summed E-state index contributed by atoms with van der Waals surface area (Å²) in [4.78, 5) is 7.36. The number of aromatic nitrogens is 5. The molecule has 1 saturated carbocycles. The van der Waals surface area contributed by atoms with Crippen molar-refractivity contribution in [2.45, 2.75) is 51.5 Å². The normalized spacial score (nSPS) is 28.0. The average Bonchev–Trinajstić information content (AvgIpc) is 3.44. The van der Waals surface area contributed by atoms with Crippen LogP contribution in [-0.4, -0.2) is 38.1 Å². The van der Waals surface area contributed by atoms with Crippen molar-refractivity contribution in [1.82, 2.24) is 25.0 Å². The van der Waals surface area contributed by atoms with Gasteiger partial charge in [0.15, 0.2) is 5.82 Å². The minimum absolute atomic E-state index is 0.375. The summed E-state index contributed by atoms with van der Waals surface area (Å²) in [6.45, 7) is 4.85. The second-order valence-electron chi connectivity index (χ2n) is 9.19. The van der Waals surface area contributed by atoms with Crippen molar-refractivity contribution in [2.75, 3.05) is 18.0 Å². The van der Waals surface area contributed by atoms with Crippen molar-refractivity contribution in [3.8, 4) is 0 Å². The lowest BCUT2D eigenvalue weighted by molar-refractivity contribution is 0.257. The minimum atomic E-state index is 0.375. The predicted octanol–water partition coefficient (Wildman–Crippen LogP) is 3.60. The third-order valence-electron chi connectivity index (χ3n) is 7.35. The number of benzene rings is 1. The minimum Gasteiger partial charge on any atom is -0.408 e. The zero-order chi connectivity index (χ0) is 20.1. The molecule has 0 spiro atoms. The molecule has 30 heavy (non-hydrogen) atoms. The maximum absolute atomic E-state index is 5.69. The van der Waals surface area contributed by atoms with Gasteiger partial charge in [-0.05, 0) is 49.0 Å². The molecular weight excluding hydrogens is 376 g/mol. The molecule has 2 aliphatic heterocycles. The van der Waals surface area contributed by atoms with Gasteiger partial charge in [-0.25, -0.2) is 9.67 Å². The number of piperidine rings is 1. The van der Waals surface area contributed by atoms with Crippen LogP contribution in [0.3, 0.4) is 0 Å². The summed E-state index contributed by atoms with van der Waals surface area (Å²) in [5.74, 6) is 5.18. The van der Waals surface area contributed by atoms with Crippen LogP contribution in [0.25, 0.3) is 0 Å². The Morgan fingerprint density at radius 1 is 1.03 bits per heavy atom. The molecule has 2 unspecified atom stereocenters. The summed E-state index contributed by atoms with van der Waals surface area (Å²) < 4.78 is 7.86. The maximum Gasteiger partial charge on any atom is 0.318 e. The van der Waals surface area contributed by atoms with E-state index in [0.717, 1.165) is 44.1 Å². The van der Waals surface area contributed by atoms with E-state index < -0.39 is 0 Å². The Kier molecular flexibility index (Phi) is 4.35. The number of anilines is 1. The summed E-state index contributed by atoms with van der Waals surface area (Å²) in [7, 11) is 0. The first kappa shape index (κ1) is 18.1. The van der Waals surface area contributed by atoms with E-state index in [1.807, 2.05) is 6.92 Å². The van der Waals surface area contributed by atoms with Crippen LogP contribution in [0, 0.1) is 24.7 Å². The molecule has 0 N–H and O–H groups in total. The van der Waals surface area contributed by atoms with Crippen LogP contribution in [0.4, 0.5) is 6.01 Å². The van der Waals surface area contributed by atoms with Crippen molar-refractivity contribution in [2.24, 2.45) is 17.8 Å². The van der Waals surface area contributed by atoms with Crippen LogP contribution in [0.15, 0.2) is 34.7 Å². The van der Waals surface area contributed by atoms with E-state index in [-0.39, 0.29) is 0 Å². The van der Waals surface area contributed by atoms with Gasteiger partial charge in [-0.3, -0.25) is 0 Å². The Balaban J connectivity index is 1.20. The number of aryl methyl sites for hydroxylation is 2. The highest BCUT2D eigenvalue weighted by Crippen LogP contribution is 2.44. The van der Waals surface area contributed by atoms with Crippen LogP contribution in [0.1, 0.15) is 54.7 Å². The van der Waals surface area contributed by atoms with Crippen molar-refractivity contribution >= 4 is 6.01 Å². The zero-order valence-corrected chi connectivity index (χ0v) is 17.4. The quantitative estimate of drug-likeness (QED) is 0.662. The maximum atomic E-state index is 5.69. The lowest BCUT2D eigenvalue weighted by atomic mass is 9.82. The van der Waals surface area contributed by atoms with Gasteiger partial charge < -0.3 is 9.32 Å².